The topological polar surface area (TPSA) is 50.7 Å². The molecule has 1 aromatic carbocycles. The Bertz CT molecular complexity index is 793. The van der Waals surface area contributed by atoms with Crippen molar-refractivity contribution in [2.75, 3.05) is 5.32 Å². The van der Waals surface area contributed by atoms with Gasteiger partial charge in [0.25, 0.3) is 0 Å². The Morgan fingerprint density at radius 2 is 1.91 bits per heavy atom. The quantitative estimate of drug-likeness (QED) is 0.716. The molecule has 0 spiro atoms. The van der Waals surface area contributed by atoms with Crippen LogP contribution in [0.1, 0.15) is 18.5 Å². The van der Waals surface area contributed by atoms with Gasteiger partial charge in [0, 0.05) is 24.0 Å². The van der Waals surface area contributed by atoms with Gasteiger partial charge in [-0.1, -0.05) is 23.7 Å². The van der Waals surface area contributed by atoms with E-state index in [1.54, 1.807) is 30.6 Å². The summed E-state index contributed by atoms with van der Waals surface area (Å²) in [5.74, 6) is 0.145. The Kier molecular flexibility index (Phi) is 4.48. The molecule has 6 heteroatoms. The van der Waals surface area contributed by atoms with Crippen LogP contribution in [-0.2, 0) is 0 Å². The van der Waals surface area contributed by atoms with Crippen molar-refractivity contribution in [3.05, 3.63) is 71.4 Å². The first-order valence-corrected chi connectivity index (χ1v) is 7.46. The molecule has 0 aliphatic carbocycles. The fraction of sp³-hybridized carbons (Fsp3) is 0.118. The zero-order valence-corrected chi connectivity index (χ0v) is 13.1. The zero-order valence-electron chi connectivity index (χ0n) is 12.4. The zero-order chi connectivity index (χ0) is 16.2. The van der Waals surface area contributed by atoms with E-state index in [1.807, 2.05) is 19.1 Å². The van der Waals surface area contributed by atoms with Gasteiger partial charge in [-0.2, -0.15) is 0 Å². The smallest absolute Gasteiger partial charge is 0.225 e. The van der Waals surface area contributed by atoms with Gasteiger partial charge < -0.3 is 5.32 Å². The number of hydrogen-bond donors (Lipinski definition) is 1. The maximum Gasteiger partial charge on any atom is 0.225 e. The lowest BCUT2D eigenvalue weighted by atomic mass is 10.1. The lowest BCUT2D eigenvalue weighted by molar-refractivity contribution is 0.626. The van der Waals surface area contributed by atoms with Gasteiger partial charge in [-0.05, 0) is 36.8 Å². The highest BCUT2D eigenvalue weighted by molar-refractivity contribution is 6.29. The van der Waals surface area contributed by atoms with E-state index in [1.165, 1.54) is 12.1 Å². The number of anilines is 1. The summed E-state index contributed by atoms with van der Waals surface area (Å²) in [4.78, 5) is 12.7. The highest BCUT2D eigenvalue weighted by Crippen LogP contribution is 2.23. The molecule has 0 amide bonds. The van der Waals surface area contributed by atoms with Crippen molar-refractivity contribution in [3.63, 3.8) is 0 Å². The van der Waals surface area contributed by atoms with E-state index in [4.69, 9.17) is 11.6 Å². The Balaban J connectivity index is 1.85. The molecule has 116 valence electrons. The third-order valence-electron chi connectivity index (χ3n) is 3.37. The molecule has 23 heavy (non-hydrogen) atoms. The summed E-state index contributed by atoms with van der Waals surface area (Å²) < 4.78 is 13.0. The van der Waals surface area contributed by atoms with Crippen molar-refractivity contribution in [2.24, 2.45) is 0 Å². The van der Waals surface area contributed by atoms with Crippen LogP contribution in [0.5, 0.6) is 0 Å². The molecule has 0 aliphatic heterocycles. The Hall–Kier alpha value is -2.53. The van der Waals surface area contributed by atoms with Gasteiger partial charge >= 0.3 is 0 Å². The molecule has 1 N–H and O–H groups in total. The number of nitrogens with zero attached hydrogens (tertiary/aromatic N) is 3. The lowest BCUT2D eigenvalue weighted by Crippen LogP contribution is -2.10. The number of pyridine rings is 1. The molecule has 2 aromatic heterocycles. The van der Waals surface area contributed by atoms with Crippen molar-refractivity contribution in [1.29, 1.82) is 0 Å². The summed E-state index contributed by atoms with van der Waals surface area (Å²) in [6.45, 7) is 1.95. The minimum Gasteiger partial charge on any atom is -0.348 e. The molecular weight excluding hydrogens is 315 g/mol. The van der Waals surface area contributed by atoms with E-state index >= 15 is 0 Å². The lowest BCUT2D eigenvalue weighted by Gasteiger charge is -2.15. The molecule has 0 unspecified atom stereocenters. The van der Waals surface area contributed by atoms with Gasteiger partial charge in [0.15, 0.2) is 0 Å². The molecule has 0 aliphatic rings. The second-order valence-corrected chi connectivity index (χ2v) is 5.45. The number of benzene rings is 1. The minimum atomic E-state index is -0.265. The first-order valence-electron chi connectivity index (χ1n) is 7.09. The number of rotatable bonds is 4. The largest absolute Gasteiger partial charge is 0.348 e. The van der Waals surface area contributed by atoms with Crippen LogP contribution in [0.25, 0.3) is 11.3 Å². The van der Waals surface area contributed by atoms with E-state index in [2.05, 4.69) is 20.3 Å². The summed E-state index contributed by atoms with van der Waals surface area (Å²) >= 11 is 6.09. The van der Waals surface area contributed by atoms with Crippen molar-refractivity contribution >= 4 is 17.5 Å². The molecule has 1 atom stereocenters. The van der Waals surface area contributed by atoms with Crippen LogP contribution in [0, 0.1) is 5.82 Å². The second-order valence-electron chi connectivity index (χ2n) is 5.06. The predicted molar refractivity (Wildman–Crippen MR) is 88.7 cm³/mol. The molecule has 0 radical (unpaired) electrons. The van der Waals surface area contributed by atoms with Crippen LogP contribution in [-0.4, -0.2) is 15.0 Å². The highest BCUT2D eigenvalue weighted by atomic mass is 35.5. The summed E-state index contributed by atoms with van der Waals surface area (Å²) in [5, 5.41) is 3.52. The van der Waals surface area contributed by atoms with Crippen molar-refractivity contribution in [1.82, 2.24) is 15.0 Å². The van der Waals surface area contributed by atoms with E-state index in [0.29, 0.717) is 16.8 Å². The number of aromatic nitrogens is 3. The number of hydrogen-bond acceptors (Lipinski definition) is 4. The Morgan fingerprint density at radius 3 is 2.61 bits per heavy atom. The predicted octanol–water partition coefficient (Wildman–Crippen LogP) is 4.50. The van der Waals surface area contributed by atoms with Gasteiger partial charge in [-0.25, -0.2) is 14.4 Å². The molecule has 3 rings (SSSR count). The van der Waals surface area contributed by atoms with Gasteiger partial charge in [0.2, 0.25) is 5.95 Å². The monoisotopic (exact) mass is 328 g/mol. The maximum atomic E-state index is 13.0. The summed E-state index contributed by atoms with van der Waals surface area (Å²) in [7, 11) is 0. The van der Waals surface area contributed by atoms with Crippen LogP contribution < -0.4 is 5.32 Å². The number of halogens is 2. The van der Waals surface area contributed by atoms with Crippen LogP contribution in [0.15, 0.2) is 54.9 Å². The minimum absolute atomic E-state index is 0.0872. The van der Waals surface area contributed by atoms with Crippen LogP contribution in [0.4, 0.5) is 10.3 Å². The molecule has 0 saturated carbocycles. The maximum absolute atomic E-state index is 13.0. The average molecular weight is 329 g/mol. The Morgan fingerprint density at radius 1 is 1.13 bits per heavy atom. The molecule has 0 saturated heterocycles. The van der Waals surface area contributed by atoms with E-state index in [0.717, 1.165) is 11.1 Å². The van der Waals surface area contributed by atoms with Crippen molar-refractivity contribution in [3.8, 4) is 11.3 Å². The van der Waals surface area contributed by atoms with Crippen LogP contribution >= 0.6 is 11.6 Å². The third kappa shape index (κ3) is 3.81. The van der Waals surface area contributed by atoms with Crippen LogP contribution in [0.3, 0.4) is 0 Å². The molecule has 0 fully saturated rings. The molecule has 2 heterocycles. The SMILES string of the molecule is C[C@H](Nc1nc(Cl)cc(-c2cccnc2)n1)c1ccc(F)cc1. The molecule has 0 bridgehead atoms. The summed E-state index contributed by atoms with van der Waals surface area (Å²) in [5.41, 5.74) is 2.47. The van der Waals surface area contributed by atoms with Crippen molar-refractivity contribution in [2.45, 2.75) is 13.0 Å². The van der Waals surface area contributed by atoms with E-state index in [9.17, 15) is 4.39 Å². The van der Waals surface area contributed by atoms with Gasteiger partial charge in [0.05, 0.1) is 11.7 Å². The van der Waals surface area contributed by atoms with Gasteiger partial charge in [-0.15, -0.1) is 0 Å². The number of nitrogens with one attached hydrogen (secondary N) is 1. The highest BCUT2D eigenvalue weighted by Gasteiger charge is 2.10. The third-order valence-corrected chi connectivity index (χ3v) is 3.56. The fourth-order valence-electron chi connectivity index (χ4n) is 2.17. The molecule has 4 nitrogen and oxygen atoms in total. The first kappa shape index (κ1) is 15.4. The van der Waals surface area contributed by atoms with Crippen molar-refractivity contribution < 1.29 is 4.39 Å². The first-order chi connectivity index (χ1) is 11.1. The normalized spacial score (nSPS) is 12.0. The average Bonchev–Trinajstić information content (AvgIpc) is 2.55. The molecule has 3 aromatic rings. The van der Waals surface area contributed by atoms with Gasteiger partial charge in [-0.3, -0.25) is 4.98 Å². The summed E-state index contributed by atoms with van der Waals surface area (Å²) in [6, 6.07) is 11.6. The second kappa shape index (κ2) is 6.71. The Labute approximate surface area is 138 Å². The fourth-order valence-corrected chi connectivity index (χ4v) is 2.36. The van der Waals surface area contributed by atoms with E-state index in [-0.39, 0.29) is 11.9 Å². The standard InChI is InChI=1S/C17H14ClFN4/c1-11(12-4-6-14(19)7-5-12)21-17-22-15(9-16(18)23-17)13-3-2-8-20-10-13/h2-11H,1H3,(H,21,22,23)/t11-/m0/s1. The van der Waals surface area contributed by atoms with E-state index < -0.39 is 0 Å². The molecular formula is C17H14ClFN4. The van der Waals surface area contributed by atoms with Gasteiger partial charge in [0.1, 0.15) is 11.0 Å². The van der Waals surface area contributed by atoms with Crippen LogP contribution in [0.2, 0.25) is 5.15 Å². The summed E-state index contributed by atoms with van der Waals surface area (Å²) in [6.07, 6.45) is 3.41.